The van der Waals surface area contributed by atoms with E-state index < -0.39 is 5.91 Å². The van der Waals surface area contributed by atoms with Crippen LogP contribution in [0.15, 0.2) is 6.20 Å². The Labute approximate surface area is 69.6 Å². The van der Waals surface area contributed by atoms with E-state index in [1.807, 2.05) is 0 Å². The monoisotopic (exact) mass is 167 g/mol. The third-order valence-corrected chi connectivity index (χ3v) is 1.29. The topological polar surface area (TPSA) is 78.1 Å². The molecule has 12 heavy (non-hydrogen) atoms. The third-order valence-electron chi connectivity index (χ3n) is 1.29. The first kappa shape index (κ1) is 8.45. The summed E-state index contributed by atoms with van der Waals surface area (Å²) in [6.07, 6.45) is 1.46. The number of carbonyl (C=O) groups excluding carboxylic acids is 1. The van der Waals surface area contributed by atoms with Crippen LogP contribution in [0.4, 0.5) is 0 Å². The number of carbonyl (C=O) groups is 1. The van der Waals surface area contributed by atoms with Gasteiger partial charge in [-0.05, 0) is 6.92 Å². The molecule has 0 atom stereocenters. The van der Waals surface area contributed by atoms with E-state index in [2.05, 4.69) is 9.97 Å². The van der Waals surface area contributed by atoms with Crippen molar-refractivity contribution >= 4 is 5.91 Å². The van der Waals surface area contributed by atoms with E-state index in [4.69, 9.17) is 10.5 Å². The van der Waals surface area contributed by atoms with Crippen LogP contribution in [-0.2, 0) is 0 Å². The Bertz CT molecular complexity index is 312. The highest BCUT2D eigenvalue weighted by Gasteiger charge is 2.11. The number of amides is 1. The Kier molecular flexibility index (Phi) is 2.23. The summed E-state index contributed by atoms with van der Waals surface area (Å²) in [6, 6.07) is 0. The molecule has 0 aliphatic carbocycles. The van der Waals surface area contributed by atoms with Gasteiger partial charge in [0.25, 0.3) is 5.91 Å². The molecule has 64 valence electrons. The average Bonchev–Trinajstić information content (AvgIpc) is 2.03. The van der Waals surface area contributed by atoms with E-state index in [1.165, 1.54) is 13.3 Å². The fourth-order valence-corrected chi connectivity index (χ4v) is 0.767. The molecule has 1 amide bonds. The molecule has 1 rings (SSSR count). The van der Waals surface area contributed by atoms with Gasteiger partial charge in [-0.3, -0.25) is 4.79 Å². The van der Waals surface area contributed by atoms with Crippen LogP contribution in [0, 0.1) is 6.92 Å². The largest absolute Gasteiger partial charge is 0.479 e. The van der Waals surface area contributed by atoms with Crippen LogP contribution in [0.2, 0.25) is 0 Å². The third kappa shape index (κ3) is 1.50. The van der Waals surface area contributed by atoms with Crippen molar-refractivity contribution in [3.63, 3.8) is 0 Å². The summed E-state index contributed by atoms with van der Waals surface area (Å²) >= 11 is 0. The van der Waals surface area contributed by atoms with Crippen molar-refractivity contribution in [2.45, 2.75) is 6.92 Å². The van der Waals surface area contributed by atoms with Crippen molar-refractivity contribution in [2.24, 2.45) is 5.73 Å². The van der Waals surface area contributed by atoms with Crippen molar-refractivity contribution in [1.82, 2.24) is 9.97 Å². The fourth-order valence-electron chi connectivity index (χ4n) is 0.767. The van der Waals surface area contributed by atoms with Gasteiger partial charge in [0.1, 0.15) is 0 Å². The lowest BCUT2D eigenvalue weighted by molar-refractivity contribution is 0.0991. The number of hydrogen-bond acceptors (Lipinski definition) is 4. The van der Waals surface area contributed by atoms with Gasteiger partial charge in [0.15, 0.2) is 5.69 Å². The molecule has 0 unspecified atom stereocenters. The van der Waals surface area contributed by atoms with E-state index in [0.29, 0.717) is 5.69 Å². The van der Waals surface area contributed by atoms with Gasteiger partial charge in [-0.25, -0.2) is 9.97 Å². The molecular weight excluding hydrogens is 158 g/mol. The number of ether oxygens (including phenoxy) is 1. The van der Waals surface area contributed by atoms with Gasteiger partial charge in [0, 0.05) is 6.20 Å². The maximum atomic E-state index is 10.7. The second-order valence-electron chi connectivity index (χ2n) is 2.23. The second kappa shape index (κ2) is 3.17. The van der Waals surface area contributed by atoms with Crippen LogP contribution in [0.1, 0.15) is 16.2 Å². The molecule has 0 spiro atoms. The maximum absolute atomic E-state index is 10.7. The van der Waals surface area contributed by atoms with E-state index in [1.54, 1.807) is 6.92 Å². The molecule has 0 fully saturated rings. The number of methoxy groups -OCH3 is 1. The molecule has 5 nitrogen and oxygen atoms in total. The SMILES string of the molecule is COc1nc(C)cnc1C(N)=O. The molecule has 1 heterocycles. The lowest BCUT2D eigenvalue weighted by Crippen LogP contribution is -2.15. The summed E-state index contributed by atoms with van der Waals surface area (Å²) < 4.78 is 4.81. The molecule has 1 aromatic heterocycles. The second-order valence-corrected chi connectivity index (χ2v) is 2.23. The highest BCUT2D eigenvalue weighted by atomic mass is 16.5. The number of nitrogens with two attached hydrogens (primary N) is 1. The summed E-state index contributed by atoms with van der Waals surface area (Å²) in [7, 11) is 1.41. The first-order valence-corrected chi connectivity index (χ1v) is 3.32. The van der Waals surface area contributed by atoms with Gasteiger partial charge in [0.2, 0.25) is 5.88 Å². The molecule has 0 radical (unpaired) electrons. The Morgan fingerprint density at radius 1 is 1.67 bits per heavy atom. The number of nitrogens with zero attached hydrogens (tertiary/aromatic N) is 2. The Morgan fingerprint density at radius 3 is 2.83 bits per heavy atom. The van der Waals surface area contributed by atoms with E-state index in [-0.39, 0.29) is 11.6 Å². The average molecular weight is 167 g/mol. The van der Waals surface area contributed by atoms with Crippen LogP contribution in [0.25, 0.3) is 0 Å². The van der Waals surface area contributed by atoms with Gasteiger partial charge in [-0.1, -0.05) is 0 Å². The summed E-state index contributed by atoms with van der Waals surface area (Å²) in [5.74, 6) is -0.471. The van der Waals surface area contributed by atoms with Crippen LogP contribution < -0.4 is 10.5 Å². The van der Waals surface area contributed by atoms with Crippen molar-refractivity contribution in [1.29, 1.82) is 0 Å². The molecule has 5 heteroatoms. The van der Waals surface area contributed by atoms with Gasteiger partial charge in [-0.15, -0.1) is 0 Å². The Balaban J connectivity index is 3.20. The summed E-state index contributed by atoms with van der Waals surface area (Å²) in [5.41, 5.74) is 5.75. The lowest BCUT2D eigenvalue weighted by atomic mass is 10.4. The van der Waals surface area contributed by atoms with Crippen LogP contribution in [-0.4, -0.2) is 23.0 Å². The normalized spacial score (nSPS) is 9.50. The number of rotatable bonds is 2. The van der Waals surface area contributed by atoms with Crippen molar-refractivity contribution in [3.8, 4) is 5.88 Å². The fraction of sp³-hybridized carbons (Fsp3) is 0.286. The highest BCUT2D eigenvalue weighted by molar-refractivity contribution is 5.92. The van der Waals surface area contributed by atoms with Crippen LogP contribution in [0.5, 0.6) is 5.88 Å². The number of hydrogen-bond donors (Lipinski definition) is 1. The summed E-state index contributed by atoms with van der Waals surface area (Å²) in [4.78, 5) is 18.4. The number of aromatic nitrogens is 2. The van der Waals surface area contributed by atoms with Gasteiger partial charge < -0.3 is 10.5 Å². The Morgan fingerprint density at radius 2 is 2.33 bits per heavy atom. The zero-order valence-electron chi connectivity index (χ0n) is 6.87. The van der Waals surface area contributed by atoms with Crippen LogP contribution in [0.3, 0.4) is 0 Å². The minimum atomic E-state index is -0.639. The van der Waals surface area contributed by atoms with E-state index in [0.717, 1.165) is 0 Å². The standard InChI is InChI=1S/C7H9N3O2/c1-4-3-9-5(6(8)11)7(10-4)12-2/h3H,1-2H3,(H2,8,11). The molecule has 0 saturated carbocycles. The first-order chi connectivity index (χ1) is 5.65. The van der Waals surface area contributed by atoms with Crippen molar-refractivity contribution in [2.75, 3.05) is 7.11 Å². The van der Waals surface area contributed by atoms with Crippen molar-refractivity contribution in [3.05, 3.63) is 17.6 Å². The molecule has 0 aliphatic rings. The molecule has 0 bridgehead atoms. The van der Waals surface area contributed by atoms with Gasteiger partial charge >= 0.3 is 0 Å². The zero-order valence-corrected chi connectivity index (χ0v) is 6.87. The van der Waals surface area contributed by atoms with Gasteiger partial charge in [-0.2, -0.15) is 0 Å². The summed E-state index contributed by atoms with van der Waals surface area (Å²) in [5, 5.41) is 0. The maximum Gasteiger partial charge on any atom is 0.272 e. The Hall–Kier alpha value is -1.65. The minimum absolute atomic E-state index is 0.0584. The van der Waals surface area contributed by atoms with Crippen molar-refractivity contribution < 1.29 is 9.53 Å². The molecular formula is C7H9N3O2. The molecule has 0 aromatic carbocycles. The quantitative estimate of drug-likeness (QED) is 0.666. The predicted octanol–water partition coefficient (Wildman–Crippen LogP) is -0.107. The van der Waals surface area contributed by atoms with E-state index in [9.17, 15) is 4.79 Å². The predicted molar refractivity (Wildman–Crippen MR) is 41.8 cm³/mol. The molecule has 1 aromatic rings. The van der Waals surface area contributed by atoms with Gasteiger partial charge in [0.05, 0.1) is 12.8 Å². The molecule has 0 saturated heterocycles. The minimum Gasteiger partial charge on any atom is -0.479 e. The zero-order chi connectivity index (χ0) is 9.14. The van der Waals surface area contributed by atoms with E-state index >= 15 is 0 Å². The lowest BCUT2D eigenvalue weighted by Gasteiger charge is -2.02. The smallest absolute Gasteiger partial charge is 0.272 e. The highest BCUT2D eigenvalue weighted by Crippen LogP contribution is 2.10. The molecule has 2 N–H and O–H groups in total. The van der Waals surface area contributed by atoms with Crippen LogP contribution >= 0.6 is 0 Å². The number of aryl methyl sites for hydroxylation is 1. The number of primary amides is 1. The molecule has 0 aliphatic heterocycles. The summed E-state index contributed by atoms with van der Waals surface area (Å²) in [6.45, 7) is 1.75. The first-order valence-electron chi connectivity index (χ1n) is 3.32.